The summed E-state index contributed by atoms with van der Waals surface area (Å²) >= 11 is 0. The highest BCUT2D eigenvalue weighted by Crippen LogP contribution is 2.12. The Kier molecular flexibility index (Phi) is 4.80. The van der Waals surface area contributed by atoms with Gasteiger partial charge in [-0.1, -0.05) is 6.92 Å². The highest BCUT2D eigenvalue weighted by atomic mass is 16.1. The first-order chi connectivity index (χ1) is 8.28. The second kappa shape index (κ2) is 6.36. The van der Waals surface area contributed by atoms with Crippen LogP contribution in [0.15, 0.2) is 0 Å². The standard InChI is InChI=1S/C13H25N3O/c1-2-16-8-3-4-11(7-9-16)14-10-12-5-6-13(17)15-12/h11-12,14H,2-10H2,1H3,(H,15,17). The first kappa shape index (κ1) is 12.8. The molecular formula is C13H25N3O. The smallest absolute Gasteiger partial charge is 0.220 e. The number of nitrogens with zero attached hydrogens (tertiary/aromatic N) is 1. The fourth-order valence-corrected chi connectivity index (χ4v) is 2.82. The topological polar surface area (TPSA) is 44.4 Å². The third-order valence-electron chi connectivity index (χ3n) is 4.01. The van der Waals surface area contributed by atoms with Crippen LogP contribution in [0, 0.1) is 0 Å². The van der Waals surface area contributed by atoms with Crippen molar-refractivity contribution in [2.75, 3.05) is 26.2 Å². The van der Waals surface area contributed by atoms with Crippen molar-refractivity contribution in [3.8, 4) is 0 Å². The number of likely N-dealkylation sites (tertiary alicyclic amines) is 1. The monoisotopic (exact) mass is 239 g/mol. The fraction of sp³-hybridized carbons (Fsp3) is 0.923. The van der Waals surface area contributed by atoms with E-state index in [1.54, 1.807) is 0 Å². The van der Waals surface area contributed by atoms with Gasteiger partial charge in [0, 0.05) is 25.0 Å². The molecule has 4 nitrogen and oxygen atoms in total. The molecule has 2 fully saturated rings. The maximum absolute atomic E-state index is 11.1. The molecule has 2 atom stereocenters. The lowest BCUT2D eigenvalue weighted by molar-refractivity contribution is -0.119. The largest absolute Gasteiger partial charge is 0.352 e. The zero-order valence-electron chi connectivity index (χ0n) is 10.9. The molecule has 0 spiro atoms. The minimum absolute atomic E-state index is 0.217. The van der Waals surface area contributed by atoms with Crippen molar-refractivity contribution < 1.29 is 4.79 Å². The van der Waals surface area contributed by atoms with E-state index in [4.69, 9.17) is 0 Å². The van der Waals surface area contributed by atoms with Crippen molar-refractivity contribution in [2.24, 2.45) is 0 Å². The predicted octanol–water partition coefficient (Wildman–Crippen LogP) is 0.729. The minimum atomic E-state index is 0.217. The first-order valence-corrected chi connectivity index (χ1v) is 7.03. The lowest BCUT2D eigenvalue weighted by Gasteiger charge is -2.20. The number of nitrogens with one attached hydrogen (secondary N) is 2. The Morgan fingerprint density at radius 2 is 2.24 bits per heavy atom. The molecule has 0 aromatic heterocycles. The average molecular weight is 239 g/mol. The van der Waals surface area contributed by atoms with E-state index in [1.807, 2.05) is 0 Å². The maximum atomic E-state index is 11.1. The normalized spacial score (nSPS) is 31.2. The molecule has 0 radical (unpaired) electrons. The van der Waals surface area contributed by atoms with Gasteiger partial charge in [-0.25, -0.2) is 0 Å². The number of rotatable bonds is 4. The predicted molar refractivity (Wildman–Crippen MR) is 68.9 cm³/mol. The van der Waals surface area contributed by atoms with Crippen LogP contribution >= 0.6 is 0 Å². The molecule has 98 valence electrons. The van der Waals surface area contributed by atoms with Crippen LogP contribution in [0.5, 0.6) is 0 Å². The van der Waals surface area contributed by atoms with Gasteiger partial charge < -0.3 is 15.5 Å². The van der Waals surface area contributed by atoms with Gasteiger partial charge in [0.05, 0.1) is 0 Å². The first-order valence-electron chi connectivity index (χ1n) is 7.03. The molecule has 2 saturated heterocycles. The lowest BCUT2D eigenvalue weighted by Crippen LogP contribution is -2.40. The molecule has 0 aromatic rings. The van der Waals surface area contributed by atoms with E-state index in [1.165, 1.54) is 38.9 Å². The number of hydrogen-bond acceptors (Lipinski definition) is 3. The van der Waals surface area contributed by atoms with E-state index in [-0.39, 0.29) is 5.91 Å². The number of carbonyl (C=O) groups is 1. The summed E-state index contributed by atoms with van der Waals surface area (Å²) in [6, 6.07) is 1.01. The zero-order valence-corrected chi connectivity index (χ0v) is 10.9. The van der Waals surface area contributed by atoms with Gasteiger partial charge in [-0.3, -0.25) is 4.79 Å². The zero-order chi connectivity index (χ0) is 12.1. The maximum Gasteiger partial charge on any atom is 0.220 e. The highest BCUT2D eigenvalue weighted by Gasteiger charge is 2.22. The van der Waals surface area contributed by atoms with Crippen LogP contribution in [0.1, 0.15) is 39.0 Å². The van der Waals surface area contributed by atoms with Crippen LogP contribution in [0.3, 0.4) is 0 Å². The molecule has 17 heavy (non-hydrogen) atoms. The Labute approximate surface area is 104 Å². The molecule has 0 aliphatic carbocycles. The summed E-state index contributed by atoms with van der Waals surface area (Å²) in [5.74, 6) is 0.217. The molecule has 2 unspecified atom stereocenters. The molecular weight excluding hydrogens is 214 g/mol. The van der Waals surface area contributed by atoms with Crippen molar-refractivity contribution in [3.05, 3.63) is 0 Å². The Balaban J connectivity index is 1.67. The fourth-order valence-electron chi connectivity index (χ4n) is 2.82. The Morgan fingerprint density at radius 1 is 1.35 bits per heavy atom. The van der Waals surface area contributed by atoms with Gasteiger partial charge in [0.15, 0.2) is 0 Å². The van der Waals surface area contributed by atoms with Gasteiger partial charge in [-0.15, -0.1) is 0 Å². The van der Waals surface area contributed by atoms with Crippen LogP contribution in [-0.2, 0) is 4.79 Å². The summed E-state index contributed by atoms with van der Waals surface area (Å²) in [5.41, 5.74) is 0. The molecule has 0 saturated carbocycles. The third-order valence-corrected chi connectivity index (χ3v) is 4.01. The van der Waals surface area contributed by atoms with Gasteiger partial charge in [-0.2, -0.15) is 0 Å². The molecule has 0 bridgehead atoms. The van der Waals surface area contributed by atoms with Crippen LogP contribution < -0.4 is 10.6 Å². The van der Waals surface area contributed by atoms with Crippen molar-refractivity contribution in [2.45, 2.75) is 51.1 Å². The van der Waals surface area contributed by atoms with Gasteiger partial charge in [0.25, 0.3) is 0 Å². The van der Waals surface area contributed by atoms with Crippen molar-refractivity contribution in [1.82, 2.24) is 15.5 Å². The van der Waals surface area contributed by atoms with E-state index < -0.39 is 0 Å². The summed E-state index contributed by atoms with van der Waals surface area (Å²) in [6.07, 6.45) is 5.52. The average Bonchev–Trinajstić information content (AvgIpc) is 2.63. The second-order valence-electron chi connectivity index (χ2n) is 5.27. The Bertz CT molecular complexity index is 257. The van der Waals surface area contributed by atoms with E-state index >= 15 is 0 Å². The summed E-state index contributed by atoms with van der Waals surface area (Å²) < 4.78 is 0. The SMILES string of the molecule is CCN1CCCC(NCC2CCC(=O)N2)CC1. The minimum Gasteiger partial charge on any atom is -0.352 e. The molecule has 4 heteroatoms. The summed E-state index contributed by atoms with van der Waals surface area (Å²) in [6.45, 7) is 6.82. The summed E-state index contributed by atoms with van der Waals surface area (Å²) in [7, 11) is 0. The van der Waals surface area contributed by atoms with Gasteiger partial charge in [-0.05, 0) is 45.3 Å². The molecule has 2 N–H and O–H groups in total. The highest BCUT2D eigenvalue weighted by molar-refractivity contribution is 5.78. The Morgan fingerprint density at radius 3 is 2.94 bits per heavy atom. The summed E-state index contributed by atoms with van der Waals surface area (Å²) in [4.78, 5) is 13.6. The van der Waals surface area contributed by atoms with Crippen molar-refractivity contribution >= 4 is 5.91 Å². The van der Waals surface area contributed by atoms with Gasteiger partial charge >= 0.3 is 0 Å². The molecule has 1 amide bonds. The van der Waals surface area contributed by atoms with Crippen LogP contribution in [0.4, 0.5) is 0 Å². The summed E-state index contributed by atoms with van der Waals surface area (Å²) in [5, 5.41) is 6.64. The lowest BCUT2D eigenvalue weighted by atomic mass is 10.1. The van der Waals surface area contributed by atoms with E-state index in [0.717, 1.165) is 13.0 Å². The molecule has 2 aliphatic heterocycles. The van der Waals surface area contributed by atoms with Crippen LogP contribution in [0.2, 0.25) is 0 Å². The van der Waals surface area contributed by atoms with E-state index in [9.17, 15) is 4.79 Å². The molecule has 0 aromatic carbocycles. The second-order valence-corrected chi connectivity index (χ2v) is 5.27. The third kappa shape index (κ3) is 3.96. The molecule has 2 rings (SSSR count). The van der Waals surface area contributed by atoms with Crippen LogP contribution in [0.25, 0.3) is 0 Å². The molecule has 2 heterocycles. The van der Waals surface area contributed by atoms with Crippen molar-refractivity contribution in [1.29, 1.82) is 0 Å². The van der Waals surface area contributed by atoms with E-state index in [0.29, 0.717) is 18.5 Å². The van der Waals surface area contributed by atoms with E-state index in [2.05, 4.69) is 22.5 Å². The van der Waals surface area contributed by atoms with Crippen molar-refractivity contribution in [3.63, 3.8) is 0 Å². The number of amides is 1. The quantitative estimate of drug-likeness (QED) is 0.760. The van der Waals surface area contributed by atoms with Crippen LogP contribution in [-0.4, -0.2) is 49.1 Å². The van der Waals surface area contributed by atoms with Gasteiger partial charge in [0.1, 0.15) is 0 Å². The van der Waals surface area contributed by atoms with Gasteiger partial charge in [0.2, 0.25) is 5.91 Å². The molecule has 2 aliphatic rings. The number of hydrogen-bond donors (Lipinski definition) is 2. The Hall–Kier alpha value is -0.610. The number of carbonyl (C=O) groups excluding carboxylic acids is 1.